The van der Waals surface area contributed by atoms with Crippen molar-refractivity contribution in [3.05, 3.63) is 29.6 Å². The van der Waals surface area contributed by atoms with Gasteiger partial charge in [-0.2, -0.15) is 0 Å². The Bertz CT molecular complexity index is 413. The molecule has 0 bridgehead atoms. The van der Waals surface area contributed by atoms with E-state index in [1.54, 1.807) is 6.07 Å². The van der Waals surface area contributed by atoms with Crippen LogP contribution < -0.4 is 10.1 Å². The van der Waals surface area contributed by atoms with Gasteiger partial charge in [0, 0.05) is 11.6 Å². The summed E-state index contributed by atoms with van der Waals surface area (Å²) in [4.78, 5) is 0. The van der Waals surface area contributed by atoms with E-state index < -0.39 is 0 Å². The third-order valence-electron chi connectivity index (χ3n) is 4.48. The molecule has 1 unspecified atom stereocenters. The number of methoxy groups -OCH3 is 1. The number of rotatable bonds is 5. The Labute approximate surface area is 121 Å². The fraction of sp³-hybridized carbons (Fsp3) is 0.647. The summed E-state index contributed by atoms with van der Waals surface area (Å²) in [6.07, 6.45) is 8.93. The Morgan fingerprint density at radius 2 is 1.95 bits per heavy atom. The summed E-state index contributed by atoms with van der Waals surface area (Å²) in [5.74, 6) is 0.826. The quantitative estimate of drug-likeness (QED) is 0.804. The average molecular weight is 279 g/mol. The van der Waals surface area contributed by atoms with Crippen LogP contribution in [0.25, 0.3) is 0 Å². The second-order valence-electron chi connectivity index (χ2n) is 5.80. The first-order chi connectivity index (χ1) is 9.76. The van der Waals surface area contributed by atoms with E-state index in [2.05, 4.69) is 5.32 Å². The lowest BCUT2D eigenvalue weighted by atomic mass is 9.89. The molecule has 1 N–H and O–H groups in total. The largest absolute Gasteiger partial charge is 0.494 e. The Morgan fingerprint density at radius 1 is 1.25 bits per heavy atom. The molecular formula is C17H26FNO. The van der Waals surface area contributed by atoms with Gasteiger partial charge >= 0.3 is 0 Å². The third kappa shape index (κ3) is 3.72. The van der Waals surface area contributed by atoms with Gasteiger partial charge in [0.15, 0.2) is 11.6 Å². The van der Waals surface area contributed by atoms with Gasteiger partial charge in [0.1, 0.15) is 0 Å². The Kier molecular flexibility index (Phi) is 5.84. The maximum absolute atomic E-state index is 14.4. The lowest BCUT2D eigenvalue weighted by molar-refractivity contribution is 0.350. The third-order valence-corrected chi connectivity index (χ3v) is 4.48. The van der Waals surface area contributed by atoms with Crippen LogP contribution in [0, 0.1) is 11.7 Å². The summed E-state index contributed by atoms with van der Waals surface area (Å²) in [7, 11) is 3.43. The zero-order valence-electron chi connectivity index (χ0n) is 12.6. The van der Waals surface area contributed by atoms with Gasteiger partial charge in [0.25, 0.3) is 0 Å². The van der Waals surface area contributed by atoms with E-state index >= 15 is 0 Å². The van der Waals surface area contributed by atoms with Crippen molar-refractivity contribution in [3.8, 4) is 5.75 Å². The van der Waals surface area contributed by atoms with Crippen molar-refractivity contribution in [2.75, 3.05) is 14.2 Å². The smallest absolute Gasteiger partial charge is 0.169 e. The van der Waals surface area contributed by atoms with Crippen molar-refractivity contribution in [2.45, 2.75) is 51.0 Å². The molecule has 0 aliphatic heterocycles. The number of halogens is 1. The molecule has 0 radical (unpaired) electrons. The fourth-order valence-corrected chi connectivity index (χ4v) is 3.29. The number of nitrogens with one attached hydrogen (secondary N) is 1. The highest BCUT2D eigenvalue weighted by Crippen LogP contribution is 2.33. The molecule has 0 saturated heterocycles. The first-order valence-corrected chi connectivity index (χ1v) is 7.76. The number of ether oxygens (including phenoxy) is 1. The summed E-state index contributed by atoms with van der Waals surface area (Å²) in [6.45, 7) is 0. The van der Waals surface area contributed by atoms with Crippen LogP contribution in [0.3, 0.4) is 0 Å². The Hall–Kier alpha value is -1.09. The van der Waals surface area contributed by atoms with Gasteiger partial charge < -0.3 is 10.1 Å². The number of benzene rings is 1. The van der Waals surface area contributed by atoms with Crippen molar-refractivity contribution >= 4 is 0 Å². The van der Waals surface area contributed by atoms with Crippen LogP contribution in [0.1, 0.15) is 56.6 Å². The van der Waals surface area contributed by atoms with Gasteiger partial charge in [-0.05, 0) is 25.5 Å². The minimum atomic E-state index is -0.219. The van der Waals surface area contributed by atoms with E-state index in [1.807, 2.05) is 19.2 Å². The molecule has 0 amide bonds. The van der Waals surface area contributed by atoms with Crippen LogP contribution in [0.2, 0.25) is 0 Å². The van der Waals surface area contributed by atoms with Crippen LogP contribution in [0.5, 0.6) is 5.75 Å². The summed E-state index contributed by atoms with van der Waals surface area (Å²) >= 11 is 0. The van der Waals surface area contributed by atoms with E-state index in [0.29, 0.717) is 11.7 Å². The molecule has 1 aliphatic carbocycles. The highest BCUT2D eigenvalue weighted by Gasteiger charge is 2.22. The minimum absolute atomic E-state index is 0.0770. The normalized spacial score (nSPS) is 18.6. The maximum Gasteiger partial charge on any atom is 0.169 e. The van der Waals surface area contributed by atoms with Gasteiger partial charge in [-0.25, -0.2) is 4.39 Å². The highest BCUT2D eigenvalue weighted by atomic mass is 19.1. The minimum Gasteiger partial charge on any atom is -0.494 e. The van der Waals surface area contributed by atoms with Gasteiger partial charge in [0.05, 0.1) is 7.11 Å². The summed E-state index contributed by atoms with van der Waals surface area (Å²) < 4.78 is 19.5. The molecule has 2 rings (SSSR count). The number of hydrogen-bond acceptors (Lipinski definition) is 2. The van der Waals surface area contributed by atoms with Gasteiger partial charge in [-0.3, -0.25) is 0 Å². The van der Waals surface area contributed by atoms with Crippen LogP contribution in [0.4, 0.5) is 4.39 Å². The molecule has 3 heteroatoms. The van der Waals surface area contributed by atoms with E-state index in [0.717, 1.165) is 12.0 Å². The molecule has 0 spiro atoms. The van der Waals surface area contributed by atoms with Crippen LogP contribution >= 0.6 is 0 Å². The van der Waals surface area contributed by atoms with Crippen molar-refractivity contribution in [3.63, 3.8) is 0 Å². The monoisotopic (exact) mass is 279 g/mol. The molecule has 112 valence electrons. The fourth-order valence-electron chi connectivity index (χ4n) is 3.29. The van der Waals surface area contributed by atoms with Crippen LogP contribution in [-0.2, 0) is 0 Å². The number of hydrogen-bond donors (Lipinski definition) is 1. The Morgan fingerprint density at radius 3 is 2.55 bits per heavy atom. The molecule has 0 aromatic heterocycles. The van der Waals surface area contributed by atoms with Crippen LogP contribution in [0.15, 0.2) is 18.2 Å². The van der Waals surface area contributed by atoms with E-state index in [9.17, 15) is 4.39 Å². The summed E-state index contributed by atoms with van der Waals surface area (Å²) in [5.41, 5.74) is 0.732. The van der Waals surface area contributed by atoms with Gasteiger partial charge in [-0.1, -0.05) is 50.7 Å². The van der Waals surface area contributed by atoms with Crippen molar-refractivity contribution in [1.29, 1.82) is 0 Å². The van der Waals surface area contributed by atoms with Crippen LogP contribution in [-0.4, -0.2) is 14.2 Å². The van der Waals surface area contributed by atoms with Crippen molar-refractivity contribution in [2.24, 2.45) is 5.92 Å². The van der Waals surface area contributed by atoms with Crippen molar-refractivity contribution in [1.82, 2.24) is 5.32 Å². The Balaban J connectivity index is 2.11. The second-order valence-corrected chi connectivity index (χ2v) is 5.80. The molecular weight excluding hydrogens is 253 g/mol. The van der Waals surface area contributed by atoms with Gasteiger partial charge in [-0.15, -0.1) is 0 Å². The molecule has 1 aromatic carbocycles. The van der Waals surface area contributed by atoms with E-state index in [-0.39, 0.29) is 11.9 Å². The molecule has 0 heterocycles. The molecule has 1 atom stereocenters. The SMILES string of the molecule is CNC(CC1CCCCCC1)c1cccc(OC)c1F. The standard InChI is InChI=1S/C17H26FNO/c1-19-15(12-13-8-5-3-4-6-9-13)14-10-7-11-16(20-2)17(14)18/h7,10-11,13,15,19H,3-6,8-9,12H2,1-2H3. The molecule has 1 saturated carbocycles. The molecule has 2 nitrogen and oxygen atoms in total. The average Bonchev–Trinajstić information content (AvgIpc) is 2.74. The second kappa shape index (κ2) is 7.63. The molecule has 20 heavy (non-hydrogen) atoms. The van der Waals surface area contributed by atoms with E-state index in [1.165, 1.54) is 45.6 Å². The predicted molar refractivity (Wildman–Crippen MR) is 80.6 cm³/mol. The van der Waals surface area contributed by atoms with Crippen molar-refractivity contribution < 1.29 is 9.13 Å². The summed E-state index contributed by atoms with van der Waals surface area (Å²) in [5, 5.41) is 3.28. The van der Waals surface area contributed by atoms with Gasteiger partial charge in [0.2, 0.25) is 0 Å². The maximum atomic E-state index is 14.4. The topological polar surface area (TPSA) is 21.3 Å². The lowest BCUT2D eigenvalue weighted by Crippen LogP contribution is -2.21. The molecule has 1 aromatic rings. The predicted octanol–water partition coefficient (Wildman–Crippen LogP) is 4.46. The lowest BCUT2D eigenvalue weighted by Gasteiger charge is -2.23. The first kappa shape index (κ1) is 15.3. The zero-order chi connectivity index (χ0) is 14.4. The summed E-state index contributed by atoms with van der Waals surface area (Å²) in [6, 6.07) is 5.50. The van der Waals surface area contributed by atoms with E-state index in [4.69, 9.17) is 4.74 Å². The first-order valence-electron chi connectivity index (χ1n) is 7.76. The highest BCUT2D eigenvalue weighted by molar-refractivity contribution is 5.33. The molecule has 1 fully saturated rings. The molecule has 1 aliphatic rings. The zero-order valence-corrected chi connectivity index (χ0v) is 12.6.